The van der Waals surface area contributed by atoms with Gasteiger partial charge in [-0.3, -0.25) is 4.79 Å². The van der Waals surface area contributed by atoms with Gasteiger partial charge >= 0.3 is 6.18 Å². The van der Waals surface area contributed by atoms with Gasteiger partial charge in [0.2, 0.25) is 0 Å². The van der Waals surface area contributed by atoms with E-state index in [2.05, 4.69) is 17.4 Å². The number of alkyl halides is 3. The summed E-state index contributed by atoms with van der Waals surface area (Å²) in [5, 5.41) is 8.32. The van der Waals surface area contributed by atoms with Gasteiger partial charge in [-0.2, -0.15) is 18.3 Å². The van der Waals surface area contributed by atoms with E-state index in [-0.39, 0.29) is 17.6 Å². The third-order valence-corrected chi connectivity index (χ3v) is 7.20. The summed E-state index contributed by atoms with van der Waals surface area (Å²) in [6.45, 7) is 2.15. The van der Waals surface area contributed by atoms with Crippen molar-refractivity contribution in [3.05, 3.63) is 82.7 Å². The predicted octanol–water partition coefficient (Wildman–Crippen LogP) is 5.21. The molecular weight excluding hydrogens is 465 g/mol. The summed E-state index contributed by atoms with van der Waals surface area (Å²) in [6, 6.07) is 15.6. The van der Waals surface area contributed by atoms with Crippen molar-refractivity contribution >= 4 is 5.91 Å². The van der Waals surface area contributed by atoms with Crippen LogP contribution in [0.1, 0.15) is 58.6 Å². The van der Waals surface area contributed by atoms with Crippen molar-refractivity contribution in [2.24, 2.45) is 0 Å². The van der Waals surface area contributed by atoms with Gasteiger partial charge in [-0.25, -0.2) is 4.68 Å². The summed E-state index contributed by atoms with van der Waals surface area (Å²) in [5.41, 5.74) is 2.89. The zero-order chi connectivity index (χ0) is 25.1. The van der Waals surface area contributed by atoms with E-state index in [0.29, 0.717) is 31.6 Å². The lowest BCUT2D eigenvalue weighted by Crippen LogP contribution is -2.39. The largest absolute Gasteiger partial charge is 0.416 e. The maximum atomic E-state index is 13.7. The van der Waals surface area contributed by atoms with Gasteiger partial charge in [-0.05, 0) is 75.3 Å². The first kappa shape index (κ1) is 24.6. The van der Waals surface area contributed by atoms with Gasteiger partial charge in [-0.15, -0.1) is 0 Å². The van der Waals surface area contributed by atoms with Crippen LogP contribution in [0, 0.1) is 0 Å². The van der Waals surface area contributed by atoms with Gasteiger partial charge in [0.1, 0.15) is 5.69 Å². The van der Waals surface area contributed by atoms with E-state index in [1.54, 1.807) is 6.07 Å². The van der Waals surface area contributed by atoms with Crippen molar-refractivity contribution in [1.82, 2.24) is 20.0 Å². The maximum Gasteiger partial charge on any atom is 0.416 e. The number of rotatable bonds is 6. The van der Waals surface area contributed by atoms with Crippen LogP contribution in [0.2, 0.25) is 0 Å². The average Bonchev–Trinajstić information content (AvgIpc) is 3.28. The molecule has 5 nitrogen and oxygen atoms in total. The maximum absolute atomic E-state index is 13.7. The van der Waals surface area contributed by atoms with Crippen LogP contribution in [-0.4, -0.2) is 46.3 Å². The van der Waals surface area contributed by atoms with Crippen LogP contribution < -0.4 is 5.32 Å². The molecule has 1 aliphatic heterocycles. The number of likely N-dealkylation sites (tertiary alicyclic amines) is 1. The predicted molar refractivity (Wildman–Crippen MR) is 132 cm³/mol. The molecule has 0 saturated carbocycles. The number of fused-ring (bicyclic) bond motifs is 1. The fourth-order valence-electron chi connectivity index (χ4n) is 5.28. The first-order valence-corrected chi connectivity index (χ1v) is 12.7. The van der Waals surface area contributed by atoms with Crippen molar-refractivity contribution in [3.8, 4) is 5.69 Å². The minimum atomic E-state index is -4.46. The van der Waals surface area contributed by atoms with Crippen molar-refractivity contribution in [2.75, 3.05) is 19.6 Å². The fourth-order valence-corrected chi connectivity index (χ4v) is 5.28. The SMILES string of the molecule is O=C(c1c2c(nn1-c1cccc(C(F)(F)F)c1)CCC(NCCc1ccccc1)C2)N1CCCCC1. The normalized spacial score (nSPS) is 18.2. The molecular formula is C28H31F3N4O. The standard InChI is InChI=1S/C28H31F3N4O/c29-28(30,31)21-10-7-11-23(18-21)35-26(27(36)34-16-5-2-6-17-34)24-19-22(12-13-25(24)33-35)32-15-14-20-8-3-1-4-9-20/h1,3-4,7-11,18,22,32H,2,5-6,12-17,19H2. The Labute approximate surface area is 209 Å². The molecule has 36 heavy (non-hydrogen) atoms. The highest BCUT2D eigenvalue weighted by molar-refractivity contribution is 5.95. The first-order chi connectivity index (χ1) is 17.4. The second kappa shape index (κ2) is 10.5. The number of aryl methyl sites for hydroxylation is 1. The third-order valence-electron chi connectivity index (χ3n) is 7.20. The van der Waals surface area contributed by atoms with Gasteiger partial charge in [-0.1, -0.05) is 36.4 Å². The Morgan fingerprint density at radius 2 is 1.81 bits per heavy atom. The third kappa shape index (κ3) is 5.33. The fraction of sp³-hybridized carbons (Fsp3) is 0.429. The zero-order valence-electron chi connectivity index (χ0n) is 20.2. The van der Waals surface area contributed by atoms with Gasteiger partial charge in [0.15, 0.2) is 0 Å². The van der Waals surface area contributed by atoms with E-state index in [1.165, 1.54) is 16.3 Å². The zero-order valence-corrected chi connectivity index (χ0v) is 20.2. The number of carbonyl (C=O) groups excluding carboxylic acids is 1. The molecule has 1 atom stereocenters. The van der Waals surface area contributed by atoms with Crippen LogP contribution in [0.15, 0.2) is 54.6 Å². The van der Waals surface area contributed by atoms with Crippen LogP contribution in [0.5, 0.6) is 0 Å². The summed E-state index contributed by atoms with van der Waals surface area (Å²) in [5.74, 6) is -0.134. The number of carbonyl (C=O) groups is 1. The molecule has 1 fully saturated rings. The Morgan fingerprint density at radius 1 is 1.03 bits per heavy atom. The van der Waals surface area contributed by atoms with Gasteiger partial charge < -0.3 is 10.2 Å². The molecule has 3 aromatic rings. The number of aromatic nitrogens is 2. The second-order valence-corrected chi connectivity index (χ2v) is 9.72. The van der Waals surface area contributed by atoms with Crippen molar-refractivity contribution in [2.45, 2.75) is 57.2 Å². The Bertz CT molecular complexity index is 1200. The van der Waals surface area contributed by atoms with Crippen molar-refractivity contribution in [3.63, 3.8) is 0 Å². The molecule has 1 aliphatic carbocycles. The summed E-state index contributed by atoms with van der Waals surface area (Å²) in [6.07, 6.45) is 1.61. The molecule has 2 aromatic carbocycles. The molecule has 0 bridgehead atoms. The molecule has 190 valence electrons. The highest BCUT2D eigenvalue weighted by Gasteiger charge is 2.34. The number of amides is 1. The summed E-state index contributed by atoms with van der Waals surface area (Å²) in [4.78, 5) is 15.6. The Morgan fingerprint density at radius 3 is 2.56 bits per heavy atom. The topological polar surface area (TPSA) is 50.2 Å². The molecule has 1 amide bonds. The quantitative estimate of drug-likeness (QED) is 0.510. The molecule has 0 radical (unpaired) electrons. The molecule has 1 unspecified atom stereocenters. The van der Waals surface area contributed by atoms with Crippen LogP contribution in [0.4, 0.5) is 13.2 Å². The molecule has 1 saturated heterocycles. The number of hydrogen-bond donors (Lipinski definition) is 1. The molecule has 8 heteroatoms. The number of nitrogens with one attached hydrogen (secondary N) is 1. The van der Waals surface area contributed by atoms with E-state index >= 15 is 0 Å². The number of halogens is 3. The molecule has 1 N–H and O–H groups in total. The minimum absolute atomic E-state index is 0.134. The van der Waals surface area contributed by atoms with Gasteiger partial charge in [0.25, 0.3) is 5.91 Å². The Kier molecular flexibility index (Phi) is 7.14. The summed E-state index contributed by atoms with van der Waals surface area (Å²) >= 11 is 0. The van der Waals surface area contributed by atoms with Crippen molar-refractivity contribution in [1.29, 1.82) is 0 Å². The summed E-state index contributed by atoms with van der Waals surface area (Å²) in [7, 11) is 0. The van der Waals surface area contributed by atoms with Crippen LogP contribution >= 0.6 is 0 Å². The smallest absolute Gasteiger partial charge is 0.337 e. The molecule has 2 heterocycles. The number of hydrogen-bond acceptors (Lipinski definition) is 3. The molecule has 0 spiro atoms. The van der Waals surface area contributed by atoms with E-state index < -0.39 is 11.7 Å². The molecule has 5 rings (SSSR count). The number of benzene rings is 2. The van der Waals surface area contributed by atoms with Crippen LogP contribution in [-0.2, 0) is 25.4 Å². The Balaban J connectivity index is 1.44. The second-order valence-electron chi connectivity index (χ2n) is 9.72. The first-order valence-electron chi connectivity index (χ1n) is 12.7. The number of piperidine rings is 1. The lowest BCUT2D eigenvalue weighted by molar-refractivity contribution is -0.137. The van der Waals surface area contributed by atoms with E-state index in [9.17, 15) is 18.0 Å². The molecule has 1 aromatic heterocycles. The van der Waals surface area contributed by atoms with Gasteiger partial charge in [0.05, 0.1) is 16.9 Å². The monoisotopic (exact) mass is 496 g/mol. The lowest BCUT2D eigenvalue weighted by atomic mass is 9.91. The Hall–Kier alpha value is -3.13. The molecule has 2 aliphatic rings. The van der Waals surface area contributed by atoms with Crippen molar-refractivity contribution < 1.29 is 18.0 Å². The highest BCUT2D eigenvalue weighted by atomic mass is 19.4. The van der Waals surface area contributed by atoms with E-state index in [1.807, 2.05) is 23.1 Å². The highest BCUT2D eigenvalue weighted by Crippen LogP contribution is 2.33. The number of nitrogens with zero attached hydrogens (tertiary/aromatic N) is 3. The van der Waals surface area contributed by atoms with E-state index in [4.69, 9.17) is 5.10 Å². The minimum Gasteiger partial charge on any atom is -0.337 e. The average molecular weight is 497 g/mol. The lowest BCUT2D eigenvalue weighted by Gasteiger charge is -2.28. The van der Waals surface area contributed by atoms with E-state index in [0.717, 1.165) is 62.0 Å². The van der Waals surface area contributed by atoms with Crippen LogP contribution in [0.25, 0.3) is 5.69 Å². The van der Waals surface area contributed by atoms with Gasteiger partial charge in [0, 0.05) is 24.7 Å². The van der Waals surface area contributed by atoms with Crippen LogP contribution in [0.3, 0.4) is 0 Å². The summed E-state index contributed by atoms with van der Waals surface area (Å²) < 4.78 is 41.8.